The lowest BCUT2D eigenvalue weighted by Gasteiger charge is -1.90. The average Bonchev–Trinajstić information content (AvgIpc) is 1.90. The van der Waals surface area contributed by atoms with Gasteiger partial charge in [0.1, 0.15) is 0 Å². The zero-order chi connectivity index (χ0) is 6.69. The third-order valence-corrected chi connectivity index (χ3v) is 1.08. The summed E-state index contributed by atoms with van der Waals surface area (Å²) in [6, 6.07) is 3.17. The maximum Gasteiger partial charge on any atom is 0.247 e. The molecule has 0 aliphatic heterocycles. The van der Waals surface area contributed by atoms with Gasteiger partial charge in [-0.05, 0) is 5.56 Å². The molecule has 4 heteroatoms. The van der Waals surface area contributed by atoms with E-state index in [2.05, 4.69) is 4.98 Å². The Morgan fingerprint density at radius 3 is 2.60 bits per heavy atom. The Morgan fingerprint density at radius 2 is 2.20 bits per heavy atom. The van der Waals surface area contributed by atoms with Gasteiger partial charge >= 0.3 is 0 Å². The molecule has 0 atom stereocenters. The quantitative estimate of drug-likeness (QED) is 0.619. The number of hydrogen-bond acceptors (Lipinski definition) is 2. The number of H-pyrrole nitrogens is 1. The van der Waals surface area contributed by atoms with Gasteiger partial charge < -0.3 is 10.7 Å². The van der Waals surface area contributed by atoms with Crippen molar-refractivity contribution in [1.29, 1.82) is 0 Å². The summed E-state index contributed by atoms with van der Waals surface area (Å²) in [5.41, 5.74) is 6.13. The molecule has 0 bridgehead atoms. The fraction of sp³-hybridized carbons (Fsp3) is 0.167. The van der Waals surface area contributed by atoms with Crippen LogP contribution in [0, 0.1) is 0 Å². The highest BCUT2D eigenvalue weighted by Gasteiger charge is 1.84. The van der Waals surface area contributed by atoms with Crippen molar-refractivity contribution in [2.45, 2.75) is 6.54 Å². The lowest BCUT2D eigenvalue weighted by atomic mass is 10.3. The molecule has 10 heavy (non-hydrogen) atoms. The molecule has 0 saturated heterocycles. The van der Waals surface area contributed by atoms with Crippen LogP contribution in [0.2, 0.25) is 0 Å². The predicted molar refractivity (Wildman–Crippen MR) is 42.2 cm³/mol. The lowest BCUT2D eigenvalue weighted by molar-refractivity contribution is 1.04. The van der Waals surface area contributed by atoms with Gasteiger partial charge in [-0.15, -0.1) is 12.4 Å². The molecule has 0 unspecified atom stereocenters. The zero-order valence-corrected chi connectivity index (χ0v) is 6.15. The normalized spacial score (nSPS) is 8.50. The molecule has 1 heterocycles. The first-order valence-electron chi connectivity index (χ1n) is 2.70. The van der Waals surface area contributed by atoms with Gasteiger partial charge in [-0.25, -0.2) is 0 Å². The van der Waals surface area contributed by atoms with E-state index in [4.69, 9.17) is 5.73 Å². The minimum absolute atomic E-state index is 0. The summed E-state index contributed by atoms with van der Waals surface area (Å²) in [6.45, 7) is 0.469. The van der Waals surface area contributed by atoms with Gasteiger partial charge in [0, 0.05) is 18.8 Å². The summed E-state index contributed by atoms with van der Waals surface area (Å²) in [5.74, 6) is 0. The Balaban J connectivity index is 0.000000810. The van der Waals surface area contributed by atoms with E-state index in [1.165, 1.54) is 6.07 Å². The highest BCUT2D eigenvalue weighted by molar-refractivity contribution is 5.85. The van der Waals surface area contributed by atoms with Crippen LogP contribution < -0.4 is 11.3 Å². The smallest absolute Gasteiger partial charge is 0.247 e. The zero-order valence-electron chi connectivity index (χ0n) is 5.33. The van der Waals surface area contributed by atoms with Crippen LogP contribution >= 0.6 is 12.4 Å². The molecule has 56 valence electrons. The van der Waals surface area contributed by atoms with Crippen LogP contribution in [-0.4, -0.2) is 4.98 Å². The summed E-state index contributed by atoms with van der Waals surface area (Å²) >= 11 is 0. The maximum atomic E-state index is 10.4. The maximum absolute atomic E-state index is 10.4. The summed E-state index contributed by atoms with van der Waals surface area (Å²) in [4.78, 5) is 13.0. The first-order valence-corrected chi connectivity index (χ1v) is 2.70. The Bertz CT molecular complexity index is 225. The van der Waals surface area contributed by atoms with Crippen LogP contribution in [0.25, 0.3) is 0 Å². The van der Waals surface area contributed by atoms with Crippen molar-refractivity contribution in [3.63, 3.8) is 0 Å². The highest BCUT2D eigenvalue weighted by atomic mass is 35.5. The second kappa shape index (κ2) is 4.09. The molecule has 0 amide bonds. The summed E-state index contributed by atoms with van der Waals surface area (Å²) in [5, 5.41) is 0. The van der Waals surface area contributed by atoms with Crippen molar-refractivity contribution in [2.24, 2.45) is 5.73 Å². The van der Waals surface area contributed by atoms with E-state index in [1.54, 1.807) is 12.3 Å². The van der Waals surface area contributed by atoms with E-state index in [9.17, 15) is 4.79 Å². The number of nitrogens with two attached hydrogens (primary N) is 1. The van der Waals surface area contributed by atoms with Gasteiger partial charge in [-0.2, -0.15) is 0 Å². The number of aromatic amines is 1. The molecule has 1 aromatic rings. The number of nitrogens with one attached hydrogen (secondary N) is 1. The number of rotatable bonds is 1. The topological polar surface area (TPSA) is 58.9 Å². The van der Waals surface area contributed by atoms with E-state index < -0.39 is 0 Å². The molecule has 0 radical (unpaired) electrons. The van der Waals surface area contributed by atoms with E-state index in [-0.39, 0.29) is 18.0 Å². The summed E-state index contributed by atoms with van der Waals surface area (Å²) in [6.07, 6.45) is 1.61. The number of halogens is 1. The van der Waals surface area contributed by atoms with Crippen molar-refractivity contribution >= 4 is 12.4 Å². The summed E-state index contributed by atoms with van der Waals surface area (Å²) < 4.78 is 0. The van der Waals surface area contributed by atoms with Gasteiger partial charge in [0.25, 0.3) is 0 Å². The van der Waals surface area contributed by atoms with Crippen molar-refractivity contribution in [3.05, 3.63) is 34.2 Å². The lowest BCUT2D eigenvalue weighted by Crippen LogP contribution is -2.05. The average molecular weight is 161 g/mol. The number of hydrogen-bond donors (Lipinski definition) is 2. The molecular weight excluding hydrogens is 152 g/mol. The highest BCUT2D eigenvalue weighted by Crippen LogP contribution is 1.87. The molecule has 1 rings (SSSR count). The Morgan fingerprint density at radius 1 is 1.50 bits per heavy atom. The van der Waals surface area contributed by atoms with Crippen LogP contribution in [0.5, 0.6) is 0 Å². The van der Waals surface area contributed by atoms with Crippen LogP contribution in [0.3, 0.4) is 0 Å². The largest absolute Gasteiger partial charge is 0.329 e. The second-order valence-electron chi connectivity index (χ2n) is 1.77. The molecule has 0 saturated carbocycles. The monoisotopic (exact) mass is 160 g/mol. The number of aromatic nitrogens is 1. The van der Waals surface area contributed by atoms with Gasteiger partial charge in [-0.1, -0.05) is 6.07 Å². The molecule has 3 N–H and O–H groups in total. The minimum Gasteiger partial charge on any atom is -0.329 e. The first-order chi connectivity index (χ1) is 4.33. The van der Waals surface area contributed by atoms with E-state index in [1.807, 2.05) is 0 Å². The van der Waals surface area contributed by atoms with Crippen LogP contribution in [0.15, 0.2) is 23.1 Å². The van der Waals surface area contributed by atoms with Gasteiger partial charge in [0.15, 0.2) is 0 Å². The van der Waals surface area contributed by atoms with Crippen molar-refractivity contribution in [1.82, 2.24) is 4.98 Å². The Kier molecular flexibility index (Phi) is 3.76. The van der Waals surface area contributed by atoms with Crippen molar-refractivity contribution in [2.75, 3.05) is 0 Å². The third-order valence-electron chi connectivity index (χ3n) is 1.08. The molecular formula is C6H9ClN2O. The minimum atomic E-state index is -0.0906. The summed E-state index contributed by atoms with van der Waals surface area (Å²) in [7, 11) is 0. The standard InChI is InChI=1S/C6H8N2O.ClH/c7-3-5-1-2-6(9)8-4-5;/h1-2,4H,3,7H2,(H,8,9);1H. The van der Waals surface area contributed by atoms with Gasteiger partial charge in [0.2, 0.25) is 5.56 Å². The SMILES string of the molecule is Cl.NCc1ccc(=O)[nH]c1. The van der Waals surface area contributed by atoms with Crippen molar-refractivity contribution < 1.29 is 0 Å². The first kappa shape index (κ1) is 9.20. The predicted octanol–water partition coefficient (Wildman–Crippen LogP) is 0.255. The molecule has 0 aromatic carbocycles. The van der Waals surface area contributed by atoms with Crippen LogP contribution in [-0.2, 0) is 6.54 Å². The molecule has 0 aliphatic rings. The van der Waals surface area contributed by atoms with Gasteiger partial charge in [-0.3, -0.25) is 4.79 Å². The molecule has 3 nitrogen and oxygen atoms in total. The molecule has 0 fully saturated rings. The van der Waals surface area contributed by atoms with E-state index >= 15 is 0 Å². The fourth-order valence-electron chi connectivity index (χ4n) is 0.570. The molecule has 0 spiro atoms. The molecule has 1 aromatic heterocycles. The van der Waals surface area contributed by atoms with Crippen LogP contribution in [0.4, 0.5) is 0 Å². The fourth-order valence-corrected chi connectivity index (χ4v) is 0.570. The van der Waals surface area contributed by atoms with E-state index in [0.29, 0.717) is 6.54 Å². The van der Waals surface area contributed by atoms with Crippen molar-refractivity contribution in [3.8, 4) is 0 Å². The Labute approximate surface area is 64.7 Å². The second-order valence-corrected chi connectivity index (χ2v) is 1.77. The molecule has 0 aliphatic carbocycles. The third kappa shape index (κ3) is 2.21. The van der Waals surface area contributed by atoms with Gasteiger partial charge in [0.05, 0.1) is 0 Å². The van der Waals surface area contributed by atoms with Crippen LogP contribution in [0.1, 0.15) is 5.56 Å². The van der Waals surface area contributed by atoms with E-state index in [0.717, 1.165) is 5.56 Å². The number of pyridine rings is 1. The Hall–Kier alpha value is -0.800.